The average molecular weight is 328 g/mol. The van der Waals surface area contributed by atoms with Gasteiger partial charge in [0.2, 0.25) is 0 Å². The molecule has 0 aliphatic heterocycles. The summed E-state index contributed by atoms with van der Waals surface area (Å²) in [5.74, 6) is 4.46. The second-order valence-corrected chi connectivity index (χ2v) is 4.99. The number of rotatable bonds is 6. The normalized spacial score (nSPS) is 10.7. The zero-order chi connectivity index (χ0) is 17.7. The minimum atomic E-state index is -1.74. The van der Waals surface area contributed by atoms with Crippen molar-refractivity contribution >= 4 is 0 Å². The van der Waals surface area contributed by atoms with E-state index < -0.39 is 5.60 Å². The maximum absolute atomic E-state index is 11.2. The van der Waals surface area contributed by atoms with Gasteiger partial charge < -0.3 is 24.1 Å². The van der Waals surface area contributed by atoms with Crippen molar-refractivity contribution in [1.29, 1.82) is 0 Å². The van der Waals surface area contributed by atoms with Gasteiger partial charge in [-0.05, 0) is 24.3 Å². The van der Waals surface area contributed by atoms with Gasteiger partial charge in [-0.25, -0.2) is 0 Å². The summed E-state index contributed by atoms with van der Waals surface area (Å²) in [4.78, 5) is 0. The van der Waals surface area contributed by atoms with Crippen LogP contribution in [0.25, 0.3) is 0 Å². The van der Waals surface area contributed by atoms with E-state index in [9.17, 15) is 5.11 Å². The Hall–Kier alpha value is -2.84. The summed E-state index contributed by atoms with van der Waals surface area (Å²) in [5, 5.41) is 11.2. The van der Waals surface area contributed by atoms with Gasteiger partial charge in [0.1, 0.15) is 23.0 Å². The second-order valence-electron chi connectivity index (χ2n) is 4.99. The van der Waals surface area contributed by atoms with E-state index in [0.717, 1.165) is 0 Å². The molecule has 1 N–H and O–H groups in total. The molecule has 0 heterocycles. The molecule has 0 spiro atoms. The van der Waals surface area contributed by atoms with Gasteiger partial charge in [0, 0.05) is 23.3 Å². The monoisotopic (exact) mass is 328 g/mol. The lowest BCUT2D eigenvalue weighted by Gasteiger charge is -2.27. The highest BCUT2D eigenvalue weighted by Crippen LogP contribution is 2.41. The van der Waals surface area contributed by atoms with E-state index in [-0.39, 0.29) is 0 Å². The first-order valence-corrected chi connectivity index (χ1v) is 7.19. The van der Waals surface area contributed by atoms with Crippen molar-refractivity contribution in [2.45, 2.75) is 5.60 Å². The quantitative estimate of drug-likeness (QED) is 0.826. The van der Waals surface area contributed by atoms with Gasteiger partial charge in [0.05, 0.1) is 28.4 Å². The Morgan fingerprint density at radius 1 is 0.792 bits per heavy atom. The molecule has 5 heteroatoms. The van der Waals surface area contributed by atoms with E-state index in [4.69, 9.17) is 25.4 Å². The molecular weight excluding hydrogens is 308 g/mol. The molecule has 0 amide bonds. The van der Waals surface area contributed by atoms with E-state index in [2.05, 4.69) is 5.92 Å². The number of benzene rings is 2. The van der Waals surface area contributed by atoms with Gasteiger partial charge in [-0.15, -0.1) is 6.42 Å². The first kappa shape index (κ1) is 17.5. The fourth-order valence-electron chi connectivity index (χ4n) is 2.50. The van der Waals surface area contributed by atoms with Crippen molar-refractivity contribution < 1.29 is 24.1 Å². The molecule has 0 saturated heterocycles. The van der Waals surface area contributed by atoms with E-state index in [1.165, 1.54) is 14.2 Å². The van der Waals surface area contributed by atoms with Crippen molar-refractivity contribution in [3.8, 4) is 35.3 Å². The molecule has 0 aliphatic carbocycles. The van der Waals surface area contributed by atoms with Crippen LogP contribution >= 0.6 is 0 Å². The van der Waals surface area contributed by atoms with E-state index >= 15 is 0 Å². The molecule has 0 aliphatic rings. The number of methoxy groups -OCH3 is 4. The van der Waals surface area contributed by atoms with Crippen LogP contribution in [0.1, 0.15) is 11.1 Å². The van der Waals surface area contributed by atoms with Crippen LogP contribution in [-0.2, 0) is 5.60 Å². The molecule has 2 aromatic carbocycles. The minimum absolute atomic E-state index is 0.410. The van der Waals surface area contributed by atoms with Gasteiger partial charge in [-0.3, -0.25) is 0 Å². The standard InChI is InChI=1S/C19H20O5/c1-6-19(20,15-9-7-13(21-2)11-17(15)23-4)16-10-8-14(22-3)12-18(16)24-5/h1,7-12,20H,2-5H3. The Bertz CT molecular complexity index is 705. The van der Waals surface area contributed by atoms with Crippen LogP contribution in [0.3, 0.4) is 0 Å². The van der Waals surface area contributed by atoms with Gasteiger partial charge in [0.15, 0.2) is 5.60 Å². The summed E-state index contributed by atoms with van der Waals surface area (Å²) in [6.45, 7) is 0. The van der Waals surface area contributed by atoms with E-state index in [1.54, 1.807) is 50.6 Å². The lowest BCUT2D eigenvalue weighted by molar-refractivity contribution is 0.137. The topological polar surface area (TPSA) is 57.2 Å². The summed E-state index contributed by atoms with van der Waals surface area (Å²) in [6.07, 6.45) is 5.69. The van der Waals surface area contributed by atoms with Crippen molar-refractivity contribution in [2.24, 2.45) is 0 Å². The smallest absolute Gasteiger partial charge is 0.183 e. The zero-order valence-corrected chi connectivity index (χ0v) is 14.1. The maximum Gasteiger partial charge on any atom is 0.183 e. The SMILES string of the molecule is C#CC(O)(c1ccc(OC)cc1OC)c1ccc(OC)cc1OC. The molecule has 126 valence electrons. The zero-order valence-electron chi connectivity index (χ0n) is 14.1. The predicted molar refractivity (Wildman–Crippen MR) is 90.9 cm³/mol. The number of aliphatic hydroxyl groups is 1. The molecule has 2 rings (SSSR count). The largest absolute Gasteiger partial charge is 0.497 e. The molecular formula is C19H20O5. The number of hydrogen-bond donors (Lipinski definition) is 1. The predicted octanol–water partition coefficient (Wildman–Crippen LogP) is 2.59. The Labute approximate surface area is 141 Å². The lowest BCUT2D eigenvalue weighted by Crippen LogP contribution is -2.26. The summed E-state index contributed by atoms with van der Waals surface area (Å²) in [5.41, 5.74) is -0.913. The molecule has 2 aromatic rings. The number of ether oxygens (including phenoxy) is 4. The first-order valence-electron chi connectivity index (χ1n) is 7.19. The van der Waals surface area contributed by atoms with Crippen LogP contribution in [0.5, 0.6) is 23.0 Å². The molecule has 0 unspecified atom stereocenters. The van der Waals surface area contributed by atoms with Crippen molar-refractivity contribution in [2.75, 3.05) is 28.4 Å². The molecule has 0 saturated carbocycles. The Kier molecular flexibility index (Phi) is 5.22. The summed E-state index contributed by atoms with van der Waals surface area (Å²) < 4.78 is 21.1. The van der Waals surface area contributed by atoms with Crippen molar-refractivity contribution in [1.82, 2.24) is 0 Å². The van der Waals surface area contributed by atoms with Crippen LogP contribution in [-0.4, -0.2) is 33.5 Å². The Morgan fingerprint density at radius 2 is 1.21 bits per heavy atom. The van der Waals surface area contributed by atoms with Gasteiger partial charge in [0.25, 0.3) is 0 Å². The molecule has 0 fully saturated rings. The maximum atomic E-state index is 11.2. The van der Waals surface area contributed by atoms with Crippen LogP contribution in [0.2, 0.25) is 0 Å². The third-order valence-corrected chi connectivity index (χ3v) is 3.81. The third-order valence-electron chi connectivity index (χ3n) is 3.81. The van der Waals surface area contributed by atoms with Gasteiger partial charge in [-0.1, -0.05) is 5.92 Å². The Morgan fingerprint density at radius 3 is 1.50 bits per heavy atom. The summed E-state index contributed by atoms with van der Waals surface area (Å²) in [7, 11) is 6.10. The first-order chi connectivity index (χ1) is 11.5. The number of hydrogen-bond acceptors (Lipinski definition) is 5. The fourth-order valence-corrected chi connectivity index (χ4v) is 2.50. The third kappa shape index (κ3) is 2.97. The van der Waals surface area contributed by atoms with Crippen LogP contribution in [0.15, 0.2) is 36.4 Å². The van der Waals surface area contributed by atoms with Crippen LogP contribution in [0.4, 0.5) is 0 Å². The summed E-state index contributed by atoms with van der Waals surface area (Å²) in [6, 6.07) is 10.1. The average Bonchev–Trinajstić information content (AvgIpc) is 2.66. The highest BCUT2D eigenvalue weighted by atomic mass is 16.5. The fraction of sp³-hybridized carbons (Fsp3) is 0.263. The van der Waals surface area contributed by atoms with E-state index in [1.807, 2.05) is 0 Å². The molecule has 0 atom stereocenters. The van der Waals surface area contributed by atoms with Crippen molar-refractivity contribution in [3.05, 3.63) is 47.5 Å². The van der Waals surface area contributed by atoms with E-state index in [0.29, 0.717) is 34.1 Å². The molecule has 5 nitrogen and oxygen atoms in total. The van der Waals surface area contributed by atoms with Gasteiger partial charge in [-0.2, -0.15) is 0 Å². The molecule has 0 aromatic heterocycles. The minimum Gasteiger partial charge on any atom is -0.497 e. The van der Waals surface area contributed by atoms with Crippen LogP contribution in [0, 0.1) is 12.3 Å². The van der Waals surface area contributed by atoms with Gasteiger partial charge >= 0.3 is 0 Å². The molecule has 0 bridgehead atoms. The molecule has 0 radical (unpaired) electrons. The Balaban J connectivity index is 2.68. The lowest BCUT2D eigenvalue weighted by atomic mass is 9.85. The second kappa shape index (κ2) is 7.16. The molecule has 24 heavy (non-hydrogen) atoms. The highest BCUT2D eigenvalue weighted by Gasteiger charge is 2.35. The summed E-state index contributed by atoms with van der Waals surface area (Å²) >= 11 is 0. The van der Waals surface area contributed by atoms with Crippen LogP contribution < -0.4 is 18.9 Å². The number of terminal acetylenes is 1. The van der Waals surface area contributed by atoms with Crippen molar-refractivity contribution in [3.63, 3.8) is 0 Å². The highest BCUT2D eigenvalue weighted by molar-refractivity contribution is 5.57.